The number of nitro groups is 1. The molecule has 0 heterocycles. The Morgan fingerprint density at radius 2 is 1.65 bits per heavy atom. The zero-order valence-corrected chi connectivity index (χ0v) is 31.4. The fourth-order valence-electron chi connectivity index (χ4n) is 5.27. The predicted molar refractivity (Wildman–Crippen MR) is 199 cm³/mol. The van der Waals surface area contributed by atoms with Crippen molar-refractivity contribution in [2.75, 3.05) is 18.0 Å². The second kappa shape index (κ2) is 17.2. The molecule has 0 radical (unpaired) electrons. The molecule has 270 valence electrons. The highest BCUT2D eigenvalue weighted by atomic mass is 35.5. The first kappa shape index (κ1) is 39.4. The first-order valence-corrected chi connectivity index (χ1v) is 18.4. The molecule has 4 aromatic carbocycles. The lowest BCUT2D eigenvalue weighted by molar-refractivity contribution is -0.385. The van der Waals surface area contributed by atoms with Crippen LogP contribution in [0.4, 0.5) is 11.4 Å². The Morgan fingerprint density at radius 3 is 2.27 bits per heavy atom. The highest BCUT2D eigenvalue weighted by Gasteiger charge is 2.36. The number of nitrogens with zero attached hydrogens (tertiary/aromatic N) is 3. The van der Waals surface area contributed by atoms with Gasteiger partial charge in [0.1, 0.15) is 18.3 Å². The molecule has 0 aliphatic heterocycles. The predicted octanol–water partition coefficient (Wildman–Crippen LogP) is 7.62. The highest BCUT2D eigenvalue weighted by molar-refractivity contribution is 7.92. The van der Waals surface area contributed by atoms with Crippen molar-refractivity contribution in [3.8, 4) is 5.75 Å². The molecule has 15 heteroatoms. The molecule has 2 atom stereocenters. The van der Waals surface area contributed by atoms with Crippen molar-refractivity contribution in [2.45, 2.75) is 57.1 Å². The smallest absolute Gasteiger partial charge is 0.273 e. The number of carbonyl (C=O) groups excluding carboxylic acids is 2. The number of benzene rings is 4. The number of nitrogens with one attached hydrogen (secondary N) is 1. The van der Waals surface area contributed by atoms with Gasteiger partial charge in [-0.1, -0.05) is 84.2 Å². The average molecular weight is 776 g/mol. The van der Waals surface area contributed by atoms with Crippen molar-refractivity contribution in [3.63, 3.8) is 0 Å². The van der Waals surface area contributed by atoms with Gasteiger partial charge in [-0.05, 0) is 67.8 Å². The maximum absolute atomic E-state index is 14.8. The number of ether oxygens (including phenoxy) is 1. The lowest BCUT2D eigenvalue weighted by atomic mass is 10.0. The zero-order chi connectivity index (χ0) is 37.5. The molecule has 11 nitrogen and oxygen atoms in total. The van der Waals surface area contributed by atoms with Crippen molar-refractivity contribution in [3.05, 3.63) is 127 Å². The van der Waals surface area contributed by atoms with Crippen molar-refractivity contribution < 1.29 is 27.7 Å². The van der Waals surface area contributed by atoms with Crippen LogP contribution in [0.25, 0.3) is 0 Å². The Kier molecular flexibility index (Phi) is 13.3. The van der Waals surface area contributed by atoms with E-state index in [-0.39, 0.29) is 51.1 Å². The number of rotatable bonds is 15. The van der Waals surface area contributed by atoms with Gasteiger partial charge in [0.15, 0.2) is 0 Å². The van der Waals surface area contributed by atoms with Gasteiger partial charge in [-0.3, -0.25) is 24.0 Å². The SMILES string of the molecule is CC[C@H](C)NC(=O)[C@@H](Cc1ccccc1)N(Cc1ccc(Cl)c(Cl)c1)C(=O)CN(c1cc(Cl)ccc1OC)S(=O)(=O)c1ccc(C)c([N+](=O)[O-])c1. The molecule has 0 aliphatic carbocycles. The maximum Gasteiger partial charge on any atom is 0.273 e. The van der Waals surface area contributed by atoms with Crippen LogP contribution in [0.5, 0.6) is 5.75 Å². The standard InChI is InChI=1S/C36H37Cl3N4O7S/c1-5-24(3)40-36(45)33(18-25-9-7-6-8-10-25)41(21-26-12-15-29(38)30(39)17-26)35(44)22-42(32-19-27(37)13-16-34(32)50-4)51(48,49)28-14-11-23(2)31(20-28)43(46)47/h6-17,19-20,24,33H,5,18,21-22H2,1-4H3,(H,40,45)/t24-,33+/m0/s1. The van der Waals surface area contributed by atoms with Gasteiger partial charge in [0.2, 0.25) is 11.8 Å². The lowest BCUT2D eigenvalue weighted by Gasteiger charge is -2.34. The van der Waals surface area contributed by atoms with E-state index in [1.165, 1.54) is 49.3 Å². The summed E-state index contributed by atoms with van der Waals surface area (Å²) in [6, 6.07) is 20.2. The first-order chi connectivity index (χ1) is 24.2. The van der Waals surface area contributed by atoms with E-state index in [0.29, 0.717) is 12.0 Å². The van der Waals surface area contributed by atoms with E-state index in [1.54, 1.807) is 18.2 Å². The fourth-order valence-corrected chi connectivity index (χ4v) is 7.20. The van der Waals surface area contributed by atoms with Crippen LogP contribution in [0.1, 0.15) is 37.0 Å². The van der Waals surface area contributed by atoms with Gasteiger partial charge >= 0.3 is 0 Å². The lowest BCUT2D eigenvalue weighted by Crippen LogP contribution is -2.54. The quantitative estimate of drug-likeness (QED) is 0.0969. The second-order valence-electron chi connectivity index (χ2n) is 11.8. The van der Waals surface area contributed by atoms with Gasteiger partial charge in [0, 0.05) is 35.7 Å². The molecule has 0 bridgehead atoms. The summed E-state index contributed by atoms with van der Waals surface area (Å²) < 4.78 is 35.3. The summed E-state index contributed by atoms with van der Waals surface area (Å²) in [6.07, 6.45) is 0.710. The van der Waals surface area contributed by atoms with Crippen molar-refractivity contribution in [1.29, 1.82) is 0 Å². The Morgan fingerprint density at radius 1 is 0.941 bits per heavy atom. The maximum atomic E-state index is 14.8. The normalized spacial score (nSPS) is 12.5. The van der Waals surface area contributed by atoms with E-state index >= 15 is 0 Å². The molecule has 4 rings (SSSR count). The van der Waals surface area contributed by atoms with E-state index in [4.69, 9.17) is 39.5 Å². The average Bonchev–Trinajstić information content (AvgIpc) is 3.10. The van der Waals surface area contributed by atoms with Crippen LogP contribution in [0.2, 0.25) is 15.1 Å². The molecule has 0 unspecified atom stereocenters. The van der Waals surface area contributed by atoms with Gasteiger partial charge in [0.25, 0.3) is 15.7 Å². The van der Waals surface area contributed by atoms with Crippen LogP contribution < -0.4 is 14.4 Å². The van der Waals surface area contributed by atoms with E-state index in [2.05, 4.69) is 5.32 Å². The summed E-state index contributed by atoms with van der Waals surface area (Å²) in [4.78, 5) is 40.8. The third kappa shape index (κ3) is 9.70. The number of sulfonamides is 1. The molecule has 0 aliphatic rings. The third-order valence-corrected chi connectivity index (χ3v) is 11.0. The monoisotopic (exact) mass is 774 g/mol. The van der Waals surface area contributed by atoms with Crippen molar-refractivity contribution >= 4 is 68.0 Å². The largest absolute Gasteiger partial charge is 0.495 e. The number of hydrogen-bond acceptors (Lipinski definition) is 7. The number of methoxy groups -OCH3 is 1. The van der Waals surface area contributed by atoms with Gasteiger partial charge < -0.3 is 15.0 Å². The number of aryl methyl sites for hydroxylation is 1. The topological polar surface area (TPSA) is 139 Å². The summed E-state index contributed by atoms with van der Waals surface area (Å²) in [6.45, 7) is 4.23. The zero-order valence-electron chi connectivity index (χ0n) is 28.3. The molecule has 4 aromatic rings. The van der Waals surface area contributed by atoms with Crippen LogP contribution in [0.3, 0.4) is 0 Å². The van der Waals surface area contributed by atoms with Gasteiger partial charge in [0.05, 0.1) is 32.7 Å². The third-order valence-electron chi connectivity index (χ3n) is 8.26. The summed E-state index contributed by atoms with van der Waals surface area (Å²) >= 11 is 18.9. The molecule has 1 N–H and O–H groups in total. The minimum absolute atomic E-state index is 0.0590. The Balaban J connectivity index is 1.91. The number of amides is 2. The summed E-state index contributed by atoms with van der Waals surface area (Å²) in [5, 5.41) is 15.4. The fraction of sp³-hybridized carbons (Fsp3) is 0.278. The molecule has 0 spiro atoms. The number of hydrogen-bond donors (Lipinski definition) is 1. The van der Waals surface area contributed by atoms with E-state index in [1.807, 2.05) is 44.2 Å². The van der Waals surface area contributed by atoms with Crippen LogP contribution in [0, 0.1) is 17.0 Å². The highest BCUT2D eigenvalue weighted by Crippen LogP contribution is 2.36. The minimum atomic E-state index is -4.71. The van der Waals surface area contributed by atoms with E-state index in [9.17, 15) is 28.1 Å². The molecule has 0 saturated carbocycles. The van der Waals surface area contributed by atoms with Gasteiger partial charge in [-0.25, -0.2) is 8.42 Å². The number of nitro benzene ring substituents is 1. The minimum Gasteiger partial charge on any atom is -0.495 e. The molecule has 0 fully saturated rings. The van der Waals surface area contributed by atoms with E-state index < -0.39 is 49.9 Å². The second-order valence-corrected chi connectivity index (χ2v) is 14.9. The van der Waals surface area contributed by atoms with Gasteiger partial charge in [-0.2, -0.15) is 0 Å². The summed E-state index contributed by atoms with van der Waals surface area (Å²) in [7, 11) is -3.39. The summed E-state index contributed by atoms with van der Waals surface area (Å²) in [5.41, 5.74) is 0.995. The Bertz CT molecular complexity index is 2020. The van der Waals surface area contributed by atoms with Crippen LogP contribution in [0.15, 0.2) is 89.8 Å². The van der Waals surface area contributed by atoms with Crippen LogP contribution in [-0.4, -0.2) is 55.8 Å². The van der Waals surface area contributed by atoms with Crippen molar-refractivity contribution in [2.24, 2.45) is 0 Å². The molecule has 0 aromatic heterocycles. The van der Waals surface area contributed by atoms with Crippen molar-refractivity contribution in [1.82, 2.24) is 10.2 Å². The molecular formula is C36H37Cl3N4O7S. The molecule has 2 amide bonds. The summed E-state index contributed by atoms with van der Waals surface area (Å²) in [5.74, 6) is -1.16. The number of halogens is 3. The molecule has 51 heavy (non-hydrogen) atoms. The Hall–Kier alpha value is -4.36. The number of anilines is 1. The molecule has 0 saturated heterocycles. The van der Waals surface area contributed by atoms with Crippen LogP contribution in [-0.2, 0) is 32.6 Å². The molecular weight excluding hydrogens is 739 g/mol. The van der Waals surface area contributed by atoms with Gasteiger partial charge in [-0.15, -0.1) is 0 Å². The van der Waals surface area contributed by atoms with E-state index in [0.717, 1.165) is 15.9 Å². The van der Waals surface area contributed by atoms with Crippen LogP contribution >= 0.6 is 34.8 Å². The number of carbonyl (C=O) groups is 2. The Labute approximate surface area is 312 Å². The first-order valence-electron chi connectivity index (χ1n) is 15.8.